The third-order valence-electron chi connectivity index (χ3n) is 4.28. The molecule has 1 heterocycles. The van der Waals surface area contributed by atoms with Crippen LogP contribution < -0.4 is 5.32 Å². The van der Waals surface area contributed by atoms with Gasteiger partial charge in [-0.25, -0.2) is 0 Å². The van der Waals surface area contributed by atoms with E-state index in [0.29, 0.717) is 5.92 Å². The van der Waals surface area contributed by atoms with Gasteiger partial charge in [-0.15, -0.1) is 10.2 Å². The highest BCUT2D eigenvalue weighted by Gasteiger charge is 2.29. The van der Waals surface area contributed by atoms with Crippen LogP contribution in [-0.2, 0) is 16.6 Å². The molecule has 1 N–H and O–H groups in total. The van der Waals surface area contributed by atoms with Crippen molar-refractivity contribution in [2.24, 2.45) is 7.05 Å². The van der Waals surface area contributed by atoms with Crippen molar-refractivity contribution in [3.8, 4) is 0 Å². The molecule has 1 aromatic heterocycles. The van der Waals surface area contributed by atoms with Gasteiger partial charge in [0.15, 0.2) is 5.16 Å². The monoisotopic (exact) mass is 373 g/mol. The number of anilines is 1. The maximum Gasteiger partial charge on any atom is 0.243 e. The molecule has 1 aliphatic rings. The number of amides is 2. The van der Waals surface area contributed by atoms with Crippen LogP contribution in [0.4, 0.5) is 5.69 Å². The van der Waals surface area contributed by atoms with E-state index in [1.165, 1.54) is 16.7 Å². The van der Waals surface area contributed by atoms with Gasteiger partial charge in [-0.2, -0.15) is 0 Å². The Morgan fingerprint density at radius 3 is 2.62 bits per heavy atom. The molecule has 26 heavy (non-hydrogen) atoms. The number of nitrogens with one attached hydrogen (secondary N) is 1. The first-order chi connectivity index (χ1) is 12.4. The number of benzene rings is 1. The van der Waals surface area contributed by atoms with Crippen molar-refractivity contribution in [2.45, 2.75) is 30.8 Å². The van der Waals surface area contributed by atoms with Crippen LogP contribution in [0.2, 0.25) is 0 Å². The Hall–Kier alpha value is -2.35. The number of hydrogen-bond donors (Lipinski definition) is 1. The molecule has 1 aliphatic carbocycles. The summed E-state index contributed by atoms with van der Waals surface area (Å²) in [6.07, 6.45) is 2.32. The number of rotatable bonds is 7. The molecule has 8 heteroatoms. The molecule has 1 saturated carbocycles. The minimum absolute atomic E-state index is 0.0133. The molecule has 3 rings (SSSR count). The zero-order valence-electron chi connectivity index (χ0n) is 15.2. The van der Waals surface area contributed by atoms with Crippen LogP contribution in [-0.4, -0.2) is 50.8 Å². The van der Waals surface area contributed by atoms with E-state index in [2.05, 4.69) is 15.5 Å². The SMILES string of the molecule is Cc1ccc(NC(=O)CN(C)C(=O)CSc2nnc(C3CC3)n2C)cc1. The third-order valence-corrected chi connectivity index (χ3v) is 5.28. The van der Waals surface area contributed by atoms with E-state index in [1.807, 2.05) is 42.8 Å². The minimum Gasteiger partial charge on any atom is -0.336 e. The molecule has 1 aromatic carbocycles. The Balaban J connectivity index is 1.46. The molecule has 0 bridgehead atoms. The molecule has 0 radical (unpaired) electrons. The quantitative estimate of drug-likeness (QED) is 0.753. The minimum atomic E-state index is -0.218. The Morgan fingerprint density at radius 2 is 1.96 bits per heavy atom. The zero-order valence-corrected chi connectivity index (χ0v) is 16.0. The lowest BCUT2D eigenvalue weighted by Gasteiger charge is -2.16. The fourth-order valence-corrected chi connectivity index (χ4v) is 3.39. The van der Waals surface area contributed by atoms with Gasteiger partial charge in [0.05, 0.1) is 12.3 Å². The summed E-state index contributed by atoms with van der Waals surface area (Å²) in [6.45, 7) is 2.00. The van der Waals surface area contributed by atoms with E-state index in [9.17, 15) is 9.59 Å². The van der Waals surface area contributed by atoms with Gasteiger partial charge in [-0.3, -0.25) is 9.59 Å². The van der Waals surface area contributed by atoms with E-state index in [0.717, 1.165) is 35.1 Å². The molecular formula is C18H23N5O2S. The molecular weight excluding hydrogens is 350 g/mol. The van der Waals surface area contributed by atoms with Gasteiger partial charge < -0.3 is 14.8 Å². The topological polar surface area (TPSA) is 80.1 Å². The van der Waals surface area contributed by atoms with Gasteiger partial charge >= 0.3 is 0 Å². The first kappa shape index (κ1) is 18.4. The zero-order chi connectivity index (χ0) is 18.7. The Bertz CT molecular complexity index is 798. The van der Waals surface area contributed by atoms with Crippen molar-refractivity contribution in [2.75, 3.05) is 24.7 Å². The third kappa shape index (κ3) is 4.63. The summed E-state index contributed by atoms with van der Waals surface area (Å²) >= 11 is 1.35. The van der Waals surface area contributed by atoms with Crippen LogP contribution in [0.15, 0.2) is 29.4 Å². The molecule has 0 spiro atoms. The second-order valence-corrected chi connectivity index (χ2v) is 7.57. The van der Waals surface area contributed by atoms with E-state index in [4.69, 9.17) is 0 Å². The molecule has 2 aromatic rings. The molecule has 0 aliphatic heterocycles. The Labute approximate surface area is 157 Å². The van der Waals surface area contributed by atoms with E-state index in [-0.39, 0.29) is 24.1 Å². The lowest BCUT2D eigenvalue weighted by molar-refractivity contribution is -0.131. The average molecular weight is 373 g/mol. The summed E-state index contributed by atoms with van der Waals surface area (Å²) < 4.78 is 1.96. The van der Waals surface area contributed by atoms with Crippen LogP contribution in [0, 0.1) is 6.92 Å². The fraction of sp³-hybridized carbons (Fsp3) is 0.444. The number of aryl methyl sites for hydroxylation is 1. The fourth-order valence-electron chi connectivity index (χ4n) is 2.53. The summed E-state index contributed by atoms with van der Waals surface area (Å²) in [5, 5.41) is 11.9. The number of thioether (sulfide) groups is 1. The second-order valence-electron chi connectivity index (χ2n) is 6.63. The van der Waals surface area contributed by atoms with Gasteiger partial charge in [-0.05, 0) is 31.9 Å². The maximum atomic E-state index is 12.3. The molecule has 138 valence electrons. The summed E-state index contributed by atoms with van der Waals surface area (Å²) in [7, 11) is 3.56. The molecule has 0 unspecified atom stereocenters. The van der Waals surface area contributed by atoms with Gasteiger partial charge in [0.25, 0.3) is 0 Å². The highest BCUT2D eigenvalue weighted by molar-refractivity contribution is 7.99. The van der Waals surface area contributed by atoms with Crippen LogP contribution in [0.1, 0.15) is 30.1 Å². The lowest BCUT2D eigenvalue weighted by Crippen LogP contribution is -2.36. The molecule has 7 nitrogen and oxygen atoms in total. The lowest BCUT2D eigenvalue weighted by atomic mass is 10.2. The standard InChI is InChI=1S/C18H23N5O2S/c1-12-4-8-14(9-5-12)19-15(24)10-22(2)16(25)11-26-18-21-20-17(23(18)3)13-6-7-13/h4-5,8-9,13H,6-7,10-11H2,1-3H3,(H,19,24). The van der Waals surface area contributed by atoms with E-state index in [1.54, 1.807) is 7.05 Å². The maximum absolute atomic E-state index is 12.3. The van der Waals surface area contributed by atoms with Crippen molar-refractivity contribution in [3.63, 3.8) is 0 Å². The van der Waals surface area contributed by atoms with Crippen molar-refractivity contribution >= 4 is 29.3 Å². The van der Waals surface area contributed by atoms with Gasteiger partial charge in [-0.1, -0.05) is 29.5 Å². The average Bonchev–Trinajstić information content (AvgIpc) is 3.38. The van der Waals surface area contributed by atoms with Gasteiger partial charge in [0, 0.05) is 25.7 Å². The molecule has 0 saturated heterocycles. The van der Waals surface area contributed by atoms with Crippen LogP contribution >= 0.6 is 11.8 Å². The Morgan fingerprint density at radius 1 is 1.27 bits per heavy atom. The van der Waals surface area contributed by atoms with Crippen molar-refractivity contribution in [3.05, 3.63) is 35.7 Å². The largest absolute Gasteiger partial charge is 0.336 e. The van der Waals surface area contributed by atoms with Gasteiger partial charge in [0.1, 0.15) is 5.82 Å². The van der Waals surface area contributed by atoms with Crippen molar-refractivity contribution in [1.82, 2.24) is 19.7 Å². The first-order valence-corrected chi connectivity index (χ1v) is 9.55. The highest BCUT2D eigenvalue weighted by Crippen LogP contribution is 2.39. The molecule has 1 fully saturated rings. The number of nitrogens with zero attached hydrogens (tertiary/aromatic N) is 4. The summed E-state index contributed by atoms with van der Waals surface area (Å²) in [4.78, 5) is 25.8. The molecule has 0 atom stereocenters. The highest BCUT2D eigenvalue weighted by atomic mass is 32.2. The van der Waals surface area contributed by atoms with Gasteiger partial charge in [0.2, 0.25) is 11.8 Å². The number of likely N-dealkylation sites (N-methyl/N-ethyl adjacent to an activating group) is 1. The smallest absolute Gasteiger partial charge is 0.243 e. The number of aromatic nitrogens is 3. The van der Waals surface area contributed by atoms with Crippen LogP contribution in [0.5, 0.6) is 0 Å². The summed E-state index contributed by atoms with van der Waals surface area (Å²) in [6, 6.07) is 7.54. The van der Waals surface area contributed by atoms with E-state index >= 15 is 0 Å². The van der Waals surface area contributed by atoms with Crippen molar-refractivity contribution in [1.29, 1.82) is 0 Å². The first-order valence-electron chi connectivity index (χ1n) is 8.56. The van der Waals surface area contributed by atoms with Crippen LogP contribution in [0.25, 0.3) is 0 Å². The number of carbonyl (C=O) groups excluding carboxylic acids is 2. The second kappa shape index (κ2) is 7.90. The number of hydrogen-bond acceptors (Lipinski definition) is 5. The Kier molecular flexibility index (Phi) is 5.61. The normalized spacial score (nSPS) is 13.5. The molecule has 2 amide bonds. The van der Waals surface area contributed by atoms with Crippen molar-refractivity contribution < 1.29 is 9.59 Å². The summed E-state index contributed by atoms with van der Waals surface area (Å²) in [5.74, 6) is 1.40. The summed E-state index contributed by atoms with van der Waals surface area (Å²) in [5.41, 5.74) is 1.85. The predicted octanol–water partition coefficient (Wildman–Crippen LogP) is 2.19. The van der Waals surface area contributed by atoms with Crippen LogP contribution in [0.3, 0.4) is 0 Å². The van der Waals surface area contributed by atoms with E-state index < -0.39 is 0 Å². The number of carbonyl (C=O) groups is 2. The predicted molar refractivity (Wildman–Crippen MR) is 101 cm³/mol.